The minimum Gasteiger partial charge on any atom is -0.327 e. The van der Waals surface area contributed by atoms with E-state index in [-0.39, 0.29) is 11.5 Å². The fourth-order valence-electron chi connectivity index (χ4n) is 1.82. The molecule has 1 rings (SSSR count). The first-order valence-corrected chi connectivity index (χ1v) is 7.76. The quantitative estimate of drug-likeness (QED) is 0.770. The smallest absolute Gasteiger partial charge is 0.0543 e. The summed E-state index contributed by atoms with van der Waals surface area (Å²) in [5.74, 6) is 0. The van der Waals surface area contributed by atoms with Crippen molar-refractivity contribution in [3.05, 3.63) is 28.2 Å². The van der Waals surface area contributed by atoms with Gasteiger partial charge in [-0.1, -0.05) is 50.9 Å². The predicted octanol–water partition coefficient (Wildman–Crippen LogP) is 5.24. The Morgan fingerprint density at radius 2 is 1.89 bits per heavy atom. The summed E-state index contributed by atoms with van der Waals surface area (Å²) in [7, 11) is 0. The summed E-state index contributed by atoms with van der Waals surface area (Å²) in [5.41, 5.74) is 6.36. The SMILES string of the molecule is CCC(N)C(Sc1cc(Cl)ccc1Cl)C(C)(C)C. The average Bonchev–Trinajstić information content (AvgIpc) is 2.27. The van der Waals surface area contributed by atoms with E-state index in [0.29, 0.717) is 10.3 Å². The molecule has 0 amide bonds. The van der Waals surface area contributed by atoms with Crippen molar-refractivity contribution in [1.29, 1.82) is 0 Å². The first-order valence-electron chi connectivity index (χ1n) is 6.13. The Kier molecular flexibility index (Phi) is 5.85. The zero-order chi connectivity index (χ0) is 13.9. The maximum absolute atomic E-state index is 6.24. The molecule has 2 atom stereocenters. The Morgan fingerprint density at radius 3 is 2.39 bits per heavy atom. The third-order valence-corrected chi connectivity index (χ3v) is 5.44. The third-order valence-electron chi connectivity index (χ3n) is 2.86. The van der Waals surface area contributed by atoms with Crippen LogP contribution < -0.4 is 5.73 Å². The van der Waals surface area contributed by atoms with Crippen molar-refractivity contribution in [2.75, 3.05) is 0 Å². The number of rotatable bonds is 4. The normalized spacial score (nSPS) is 15.5. The lowest BCUT2D eigenvalue weighted by Gasteiger charge is -2.34. The van der Waals surface area contributed by atoms with E-state index in [9.17, 15) is 0 Å². The van der Waals surface area contributed by atoms with E-state index in [2.05, 4.69) is 27.7 Å². The Morgan fingerprint density at radius 1 is 1.28 bits per heavy atom. The second-order valence-electron chi connectivity index (χ2n) is 5.55. The molecular weight excluding hydrogens is 285 g/mol. The van der Waals surface area contributed by atoms with Gasteiger partial charge in [0.25, 0.3) is 0 Å². The molecule has 2 N–H and O–H groups in total. The van der Waals surface area contributed by atoms with Gasteiger partial charge in [0.15, 0.2) is 0 Å². The summed E-state index contributed by atoms with van der Waals surface area (Å²) in [5, 5.41) is 1.75. The van der Waals surface area contributed by atoms with Crippen LogP contribution in [-0.2, 0) is 0 Å². The first kappa shape index (κ1) is 16.2. The van der Waals surface area contributed by atoms with E-state index in [1.54, 1.807) is 17.8 Å². The van der Waals surface area contributed by atoms with Gasteiger partial charge in [0.2, 0.25) is 0 Å². The van der Waals surface area contributed by atoms with Crippen LogP contribution in [0.2, 0.25) is 10.0 Å². The molecule has 0 spiro atoms. The molecule has 0 aliphatic carbocycles. The largest absolute Gasteiger partial charge is 0.327 e. The molecule has 0 aliphatic heterocycles. The molecular formula is C14H21Cl2NS. The molecule has 1 nitrogen and oxygen atoms in total. The van der Waals surface area contributed by atoms with E-state index in [0.717, 1.165) is 16.3 Å². The maximum Gasteiger partial charge on any atom is 0.0543 e. The number of hydrogen-bond acceptors (Lipinski definition) is 2. The lowest BCUT2D eigenvalue weighted by molar-refractivity contribution is 0.350. The van der Waals surface area contributed by atoms with Crippen molar-refractivity contribution in [1.82, 2.24) is 0 Å². The van der Waals surface area contributed by atoms with E-state index in [1.165, 1.54) is 0 Å². The number of benzene rings is 1. The van der Waals surface area contributed by atoms with Crippen LogP contribution in [0.15, 0.2) is 23.1 Å². The van der Waals surface area contributed by atoms with Gasteiger partial charge in [0.05, 0.1) is 5.02 Å². The second kappa shape index (κ2) is 6.51. The summed E-state index contributed by atoms with van der Waals surface area (Å²) >= 11 is 14.0. The minimum absolute atomic E-state index is 0.117. The van der Waals surface area contributed by atoms with E-state index >= 15 is 0 Å². The van der Waals surface area contributed by atoms with Crippen molar-refractivity contribution in [2.24, 2.45) is 11.1 Å². The number of thioether (sulfide) groups is 1. The van der Waals surface area contributed by atoms with Gasteiger partial charge in [-0.2, -0.15) is 0 Å². The van der Waals surface area contributed by atoms with Crippen LogP contribution in [0.1, 0.15) is 34.1 Å². The summed E-state index contributed by atoms with van der Waals surface area (Å²) in [6.45, 7) is 8.74. The van der Waals surface area contributed by atoms with Crippen molar-refractivity contribution in [3.63, 3.8) is 0 Å². The molecule has 102 valence electrons. The van der Waals surface area contributed by atoms with Crippen molar-refractivity contribution in [2.45, 2.75) is 50.3 Å². The van der Waals surface area contributed by atoms with Gasteiger partial charge in [-0.15, -0.1) is 11.8 Å². The molecule has 4 heteroatoms. The second-order valence-corrected chi connectivity index (χ2v) is 7.58. The van der Waals surface area contributed by atoms with E-state index < -0.39 is 0 Å². The molecule has 0 heterocycles. The zero-order valence-corrected chi connectivity index (χ0v) is 13.7. The van der Waals surface area contributed by atoms with Gasteiger partial charge in [-0.25, -0.2) is 0 Å². The third kappa shape index (κ3) is 4.34. The van der Waals surface area contributed by atoms with Crippen molar-refractivity contribution >= 4 is 35.0 Å². The number of halogens is 2. The Hall–Kier alpha value is 0.110. The number of nitrogens with two attached hydrogens (primary N) is 1. The fraction of sp³-hybridized carbons (Fsp3) is 0.571. The van der Waals surface area contributed by atoms with E-state index in [4.69, 9.17) is 28.9 Å². The minimum atomic E-state index is 0.117. The molecule has 0 aliphatic rings. The Balaban J connectivity index is 3.00. The molecule has 1 aromatic carbocycles. The number of hydrogen-bond donors (Lipinski definition) is 1. The zero-order valence-electron chi connectivity index (χ0n) is 11.3. The maximum atomic E-state index is 6.24. The molecule has 0 saturated heterocycles. The van der Waals surface area contributed by atoms with Gasteiger partial charge < -0.3 is 5.73 Å². The topological polar surface area (TPSA) is 26.0 Å². The lowest BCUT2D eigenvalue weighted by Crippen LogP contribution is -2.40. The summed E-state index contributed by atoms with van der Waals surface area (Å²) in [4.78, 5) is 1.01. The Bertz CT molecular complexity index is 401. The highest BCUT2D eigenvalue weighted by Gasteiger charge is 2.30. The van der Waals surface area contributed by atoms with Crippen molar-refractivity contribution < 1.29 is 0 Å². The summed E-state index contributed by atoms with van der Waals surface area (Å²) in [6.07, 6.45) is 0.952. The first-order chi connectivity index (χ1) is 8.25. The summed E-state index contributed by atoms with van der Waals surface area (Å²) in [6, 6.07) is 5.70. The van der Waals surface area contributed by atoms with Gasteiger partial charge >= 0.3 is 0 Å². The van der Waals surface area contributed by atoms with Crippen LogP contribution in [0.3, 0.4) is 0 Å². The molecule has 0 saturated carbocycles. The van der Waals surface area contributed by atoms with Gasteiger partial charge in [0.1, 0.15) is 0 Å². The highest BCUT2D eigenvalue weighted by molar-refractivity contribution is 8.00. The van der Waals surface area contributed by atoms with Gasteiger partial charge in [-0.05, 0) is 30.0 Å². The lowest BCUT2D eigenvalue weighted by atomic mass is 9.87. The van der Waals surface area contributed by atoms with Crippen LogP contribution in [0.25, 0.3) is 0 Å². The van der Waals surface area contributed by atoms with Crippen LogP contribution in [0.5, 0.6) is 0 Å². The molecule has 0 bridgehead atoms. The standard InChI is InChI=1S/C14H21Cl2NS/c1-5-11(17)13(14(2,3)4)18-12-8-9(15)6-7-10(12)16/h6-8,11,13H,5,17H2,1-4H3. The average molecular weight is 306 g/mol. The van der Waals surface area contributed by atoms with Crippen LogP contribution >= 0.6 is 35.0 Å². The molecule has 0 fully saturated rings. The molecule has 18 heavy (non-hydrogen) atoms. The predicted molar refractivity (Wildman–Crippen MR) is 83.8 cm³/mol. The Labute approximate surface area is 124 Å². The van der Waals surface area contributed by atoms with Crippen LogP contribution in [-0.4, -0.2) is 11.3 Å². The van der Waals surface area contributed by atoms with Crippen molar-refractivity contribution in [3.8, 4) is 0 Å². The fourth-order valence-corrected chi connectivity index (χ4v) is 3.68. The highest BCUT2D eigenvalue weighted by Crippen LogP contribution is 2.41. The van der Waals surface area contributed by atoms with Gasteiger partial charge in [-0.3, -0.25) is 0 Å². The highest BCUT2D eigenvalue weighted by atomic mass is 35.5. The molecule has 1 aromatic rings. The van der Waals surface area contributed by atoms with Crippen LogP contribution in [0.4, 0.5) is 0 Å². The van der Waals surface area contributed by atoms with Crippen LogP contribution in [0, 0.1) is 5.41 Å². The van der Waals surface area contributed by atoms with Gasteiger partial charge in [0, 0.05) is 21.2 Å². The molecule has 0 aromatic heterocycles. The molecule has 0 radical (unpaired) electrons. The monoisotopic (exact) mass is 305 g/mol. The molecule has 2 unspecified atom stereocenters. The van der Waals surface area contributed by atoms with E-state index in [1.807, 2.05) is 12.1 Å². The summed E-state index contributed by atoms with van der Waals surface area (Å²) < 4.78 is 0.